The number of nitrogens with zero attached hydrogens (tertiary/aromatic N) is 3. The summed E-state index contributed by atoms with van der Waals surface area (Å²) < 4.78 is 0. The van der Waals surface area contributed by atoms with E-state index in [-0.39, 0.29) is 19.1 Å². The van der Waals surface area contributed by atoms with Gasteiger partial charge < -0.3 is 26.2 Å². The van der Waals surface area contributed by atoms with Crippen LogP contribution in [-0.4, -0.2) is 46.6 Å². The fraction of sp³-hybridized carbons (Fsp3) is 0.600. The number of aromatic nitrogens is 2. The van der Waals surface area contributed by atoms with E-state index in [9.17, 15) is 0 Å². The van der Waals surface area contributed by atoms with Gasteiger partial charge in [-0.2, -0.15) is 0 Å². The molecule has 0 aliphatic carbocycles. The van der Waals surface area contributed by atoms with Crippen LogP contribution in [0.15, 0.2) is 6.33 Å². The Labute approximate surface area is 99.3 Å². The van der Waals surface area contributed by atoms with Crippen molar-refractivity contribution in [2.75, 3.05) is 42.4 Å². The summed E-state index contributed by atoms with van der Waals surface area (Å²) in [5, 5.41) is 21.1. The third-order valence-electron chi connectivity index (χ3n) is 2.93. The fourth-order valence-corrected chi connectivity index (χ4v) is 1.81. The fourth-order valence-electron chi connectivity index (χ4n) is 1.81. The third kappa shape index (κ3) is 2.40. The van der Waals surface area contributed by atoms with E-state index in [1.165, 1.54) is 6.33 Å². The lowest BCUT2D eigenvalue weighted by molar-refractivity contribution is 0.145. The van der Waals surface area contributed by atoms with Gasteiger partial charge in [-0.3, -0.25) is 0 Å². The van der Waals surface area contributed by atoms with E-state index in [0.29, 0.717) is 25.5 Å². The highest BCUT2D eigenvalue weighted by atomic mass is 16.3. The van der Waals surface area contributed by atoms with Gasteiger partial charge in [-0.1, -0.05) is 0 Å². The van der Waals surface area contributed by atoms with Gasteiger partial charge in [0, 0.05) is 25.7 Å². The number of hydrogen-bond acceptors (Lipinski definition) is 7. The minimum atomic E-state index is -0.0850. The molecule has 0 spiro atoms. The molecule has 0 unspecified atom stereocenters. The average Bonchev–Trinajstić information content (AvgIpc) is 2.75. The number of nitrogen functional groups attached to an aromatic ring is 1. The highest BCUT2D eigenvalue weighted by molar-refractivity contribution is 5.79. The third-order valence-corrected chi connectivity index (χ3v) is 2.93. The van der Waals surface area contributed by atoms with E-state index in [1.54, 1.807) is 0 Å². The first-order valence-electron chi connectivity index (χ1n) is 5.57. The number of anilines is 3. The van der Waals surface area contributed by atoms with E-state index >= 15 is 0 Å². The molecule has 0 amide bonds. The van der Waals surface area contributed by atoms with E-state index in [1.807, 2.05) is 4.90 Å². The van der Waals surface area contributed by atoms with E-state index in [4.69, 9.17) is 15.9 Å². The Morgan fingerprint density at radius 1 is 1.41 bits per heavy atom. The zero-order valence-corrected chi connectivity index (χ0v) is 9.50. The first-order valence-corrected chi connectivity index (χ1v) is 5.57. The Morgan fingerprint density at radius 3 is 2.88 bits per heavy atom. The standard InChI is InChI=1S/C10H17N5O2/c11-9-8-10(13-5-12-9)15(6-14-8)2-1-7(3-16)4-17/h5,7,14,16-17H,1-4,6H2,(H2,11,12,13). The summed E-state index contributed by atoms with van der Waals surface area (Å²) in [7, 11) is 0. The Balaban J connectivity index is 2.00. The van der Waals surface area contributed by atoms with Gasteiger partial charge in [0.1, 0.15) is 12.0 Å². The number of hydrogen-bond donors (Lipinski definition) is 4. The summed E-state index contributed by atoms with van der Waals surface area (Å²) in [6.07, 6.45) is 2.14. The molecule has 94 valence electrons. The van der Waals surface area contributed by atoms with Crippen molar-refractivity contribution in [2.24, 2.45) is 5.92 Å². The van der Waals surface area contributed by atoms with E-state index in [2.05, 4.69) is 15.3 Å². The van der Waals surface area contributed by atoms with Crippen LogP contribution in [0.5, 0.6) is 0 Å². The van der Waals surface area contributed by atoms with E-state index in [0.717, 1.165) is 11.5 Å². The van der Waals surface area contributed by atoms with Crippen LogP contribution in [0, 0.1) is 5.92 Å². The molecule has 0 bridgehead atoms. The molecule has 0 aromatic carbocycles. The summed E-state index contributed by atoms with van der Waals surface area (Å²) in [6.45, 7) is 1.33. The van der Waals surface area contributed by atoms with Crippen LogP contribution in [0.1, 0.15) is 6.42 Å². The van der Waals surface area contributed by atoms with Crippen LogP contribution in [-0.2, 0) is 0 Å². The number of fused-ring (bicyclic) bond motifs is 1. The number of nitrogens with two attached hydrogens (primary N) is 1. The maximum atomic E-state index is 9.00. The maximum absolute atomic E-state index is 9.00. The van der Waals surface area contributed by atoms with Crippen LogP contribution in [0.4, 0.5) is 17.3 Å². The van der Waals surface area contributed by atoms with Gasteiger partial charge in [-0.15, -0.1) is 0 Å². The summed E-state index contributed by atoms with van der Waals surface area (Å²) in [5.74, 6) is 1.14. The molecule has 2 rings (SSSR count). The molecular formula is C10H17N5O2. The Hall–Kier alpha value is -1.60. The van der Waals surface area contributed by atoms with Crippen molar-refractivity contribution >= 4 is 17.3 Å². The summed E-state index contributed by atoms with van der Waals surface area (Å²) in [6, 6.07) is 0. The van der Waals surface area contributed by atoms with Crippen molar-refractivity contribution in [3.05, 3.63) is 6.33 Å². The lowest BCUT2D eigenvalue weighted by Crippen LogP contribution is -2.27. The maximum Gasteiger partial charge on any atom is 0.159 e. The van der Waals surface area contributed by atoms with Crippen LogP contribution < -0.4 is 16.0 Å². The predicted molar refractivity (Wildman–Crippen MR) is 64.6 cm³/mol. The smallest absolute Gasteiger partial charge is 0.159 e. The molecule has 5 N–H and O–H groups in total. The second kappa shape index (κ2) is 5.15. The van der Waals surface area contributed by atoms with Crippen molar-refractivity contribution in [3.8, 4) is 0 Å². The zero-order chi connectivity index (χ0) is 12.3. The van der Waals surface area contributed by atoms with Gasteiger partial charge in [0.25, 0.3) is 0 Å². The van der Waals surface area contributed by atoms with Crippen LogP contribution >= 0.6 is 0 Å². The van der Waals surface area contributed by atoms with Crippen LogP contribution in [0.3, 0.4) is 0 Å². The molecule has 0 atom stereocenters. The van der Waals surface area contributed by atoms with Crippen LogP contribution in [0.25, 0.3) is 0 Å². The second-order valence-electron chi connectivity index (χ2n) is 4.08. The van der Waals surface area contributed by atoms with Crippen molar-refractivity contribution in [1.29, 1.82) is 0 Å². The first kappa shape index (κ1) is 11.9. The van der Waals surface area contributed by atoms with Crippen molar-refractivity contribution in [2.45, 2.75) is 6.42 Å². The lowest BCUT2D eigenvalue weighted by Gasteiger charge is -2.19. The summed E-state index contributed by atoms with van der Waals surface area (Å²) in [4.78, 5) is 10.1. The van der Waals surface area contributed by atoms with Crippen molar-refractivity contribution in [1.82, 2.24) is 9.97 Å². The predicted octanol–water partition coefficient (Wildman–Crippen LogP) is -0.761. The molecule has 17 heavy (non-hydrogen) atoms. The first-order chi connectivity index (χ1) is 8.26. The molecule has 0 fully saturated rings. The summed E-state index contributed by atoms with van der Waals surface area (Å²) in [5.41, 5.74) is 6.48. The number of nitrogens with one attached hydrogen (secondary N) is 1. The highest BCUT2D eigenvalue weighted by Gasteiger charge is 2.23. The summed E-state index contributed by atoms with van der Waals surface area (Å²) >= 11 is 0. The Bertz CT molecular complexity index is 383. The molecule has 1 aliphatic rings. The average molecular weight is 239 g/mol. The second-order valence-corrected chi connectivity index (χ2v) is 4.08. The van der Waals surface area contributed by atoms with Gasteiger partial charge in [0.15, 0.2) is 11.6 Å². The molecule has 0 radical (unpaired) electrons. The SMILES string of the molecule is Nc1ncnc2c1NCN2CCC(CO)CO. The molecule has 7 nitrogen and oxygen atoms in total. The number of aliphatic hydroxyl groups is 2. The van der Waals surface area contributed by atoms with Crippen LogP contribution in [0.2, 0.25) is 0 Å². The van der Waals surface area contributed by atoms with Gasteiger partial charge >= 0.3 is 0 Å². The minimum Gasteiger partial charge on any atom is -0.396 e. The monoisotopic (exact) mass is 239 g/mol. The molecule has 2 heterocycles. The largest absolute Gasteiger partial charge is 0.396 e. The number of aliphatic hydroxyl groups excluding tert-OH is 2. The number of rotatable bonds is 5. The van der Waals surface area contributed by atoms with Crippen molar-refractivity contribution in [3.63, 3.8) is 0 Å². The molecule has 1 aromatic heterocycles. The molecule has 7 heteroatoms. The van der Waals surface area contributed by atoms with Gasteiger partial charge in [0.05, 0.1) is 6.67 Å². The Kier molecular flexibility index (Phi) is 3.60. The quantitative estimate of drug-likeness (QED) is 0.535. The Morgan fingerprint density at radius 2 is 2.18 bits per heavy atom. The van der Waals surface area contributed by atoms with Crippen molar-refractivity contribution < 1.29 is 10.2 Å². The molecule has 0 saturated carbocycles. The van der Waals surface area contributed by atoms with Gasteiger partial charge in [-0.05, 0) is 6.42 Å². The topological polar surface area (TPSA) is 108 Å². The normalized spacial score (nSPS) is 13.9. The van der Waals surface area contributed by atoms with Gasteiger partial charge in [-0.25, -0.2) is 9.97 Å². The zero-order valence-electron chi connectivity index (χ0n) is 9.50. The molecule has 0 saturated heterocycles. The van der Waals surface area contributed by atoms with E-state index < -0.39 is 0 Å². The van der Waals surface area contributed by atoms with Gasteiger partial charge in [0.2, 0.25) is 0 Å². The highest BCUT2D eigenvalue weighted by Crippen LogP contribution is 2.32. The molecule has 1 aliphatic heterocycles. The molecular weight excluding hydrogens is 222 g/mol. The molecule has 1 aromatic rings. The minimum absolute atomic E-state index is 0.00343. The lowest BCUT2D eigenvalue weighted by atomic mass is 10.1.